The van der Waals surface area contributed by atoms with Crippen molar-refractivity contribution < 1.29 is 10.2 Å². The van der Waals surface area contributed by atoms with E-state index in [1.54, 1.807) is 0 Å². The predicted molar refractivity (Wildman–Crippen MR) is 89.9 cm³/mol. The number of hydrogen-bond donors (Lipinski definition) is 2. The summed E-state index contributed by atoms with van der Waals surface area (Å²) in [5.41, 5.74) is 5.16. The molecule has 1 heterocycles. The Balaban J connectivity index is 2.59. The Labute approximate surface area is 134 Å². The van der Waals surface area contributed by atoms with E-state index in [1.165, 1.54) is 0 Å². The second kappa shape index (κ2) is 6.67. The molecule has 0 saturated carbocycles. The van der Waals surface area contributed by atoms with Crippen LogP contribution in [0.15, 0.2) is 0 Å². The van der Waals surface area contributed by atoms with Gasteiger partial charge < -0.3 is 10.2 Å². The summed E-state index contributed by atoms with van der Waals surface area (Å²) in [6.45, 7) is 10.8. The number of fused-ring (bicyclic) bond motifs is 1. The van der Waals surface area contributed by atoms with Crippen LogP contribution < -0.4 is 0 Å². The van der Waals surface area contributed by atoms with Crippen molar-refractivity contribution in [3.63, 3.8) is 0 Å². The fourth-order valence-corrected chi connectivity index (χ4v) is 3.99. The van der Waals surface area contributed by atoms with E-state index in [2.05, 4.69) is 27.7 Å². The first-order chi connectivity index (χ1) is 10.3. The van der Waals surface area contributed by atoms with Crippen LogP contribution in [0, 0.1) is 12.3 Å². The molecule has 0 aliphatic heterocycles. The summed E-state index contributed by atoms with van der Waals surface area (Å²) in [6.07, 6.45) is 4.46. The highest BCUT2D eigenvalue weighted by Crippen LogP contribution is 2.43. The Bertz CT molecular complexity index is 537. The molecule has 1 aromatic rings. The average Bonchev–Trinajstić information content (AvgIpc) is 2.42. The number of aliphatic hydroxyl groups is 2. The molecular formula is C19H31NO2. The summed E-state index contributed by atoms with van der Waals surface area (Å²) < 4.78 is 0. The number of hydrogen-bond acceptors (Lipinski definition) is 3. The van der Waals surface area contributed by atoms with Crippen LogP contribution in [0.1, 0.15) is 93.5 Å². The van der Waals surface area contributed by atoms with E-state index in [9.17, 15) is 10.2 Å². The van der Waals surface area contributed by atoms with Gasteiger partial charge in [-0.2, -0.15) is 0 Å². The van der Waals surface area contributed by atoms with Crippen LogP contribution in [0.3, 0.4) is 0 Å². The number of aliphatic hydroxyl groups excluding tert-OH is 2. The van der Waals surface area contributed by atoms with Gasteiger partial charge in [0.05, 0.1) is 12.7 Å². The molecule has 3 heteroatoms. The van der Waals surface area contributed by atoms with Crippen molar-refractivity contribution in [2.75, 3.05) is 0 Å². The highest BCUT2D eigenvalue weighted by atomic mass is 16.3. The highest BCUT2D eigenvalue weighted by Gasteiger charge is 2.35. The summed E-state index contributed by atoms with van der Waals surface area (Å²) in [7, 11) is 0. The van der Waals surface area contributed by atoms with Crippen molar-refractivity contribution in [2.24, 2.45) is 5.41 Å². The molecule has 2 unspecified atom stereocenters. The maximum absolute atomic E-state index is 10.6. The maximum Gasteiger partial charge on any atom is 0.0815 e. The van der Waals surface area contributed by atoms with E-state index in [-0.39, 0.29) is 12.0 Å². The topological polar surface area (TPSA) is 53.4 Å². The van der Waals surface area contributed by atoms with E-state index < -0.39 is 6.10 Å². The third-order valence-electron chi connectivity index (χ3n) is 5.13. The fraction of sp³-hybridized carbons (Fsp3) is 0.737. The molecule has 0 saturated heterocycles. The molecular weight excluding hydrogens is 274 g/mol. The lowest BCUT2D eigenvalue weighted by atomic mass is 9.73. The molecule has 2 atom stereocenters. The summed E-state index contributed by atoms with van der Waals surface area (Å²) in [6, 6.07) is 0. The number of rotatable bonds is 5. The second-order valence-electron chi connectivity index (χ2n) is 7.57. The Kier molecular flexibility index (Phi) is 5.29. The zero-order chi connectivity index (χ0) is 16.5. The predicted octanol–water partition coefficient (Wildman–Crippen LogP) is 4.18. The van der Waals surface area contributed by atoms with Gasteiger partial charge in [-0.3, -0.25) is 4.98 Å². The van der Waals surface area contributed by atoms with Crippen LogP contribution in [0.2, 0.25) is 0 Å². The van der Waals surface area contributed by atoms with Crippen molar-refractivity contribution in [3.8, 4) is 0 Å². The third kappa shape index (κ3) is 3.21. The summed E-state index contributed by atoms with van der Waals surface area (Å²) in [5.74, 6) is 0.401. The smallest absolute Gasteiger partial charge is 0.0815 e. The van der Waals surface area contributed by atoms with Gasteiger partial charge in [0.1, 0.15) is 0 Å². The lowest BCUT2D eigenvalue weighted by molar-refractivity contribution is 0.0970. The number of nitrogens with zero attached hydrogens (tertiary/aromatic N) is 1. The molecule has 0 fully saturated rings. The maximum atomic E-state index is 10.6. The van der Waals surface area contributed by atoms with Gasteiger partial charge in [-0.1, -0.05) is 34.1 Å². The first-order valence-corrected chi connectivity index (χ1v) is 8.65. The van der Waals surface area contributed by atoms with Crippen LogP contribution in [0.4, 0.5) is 0 Å². The van der Waals surface area contributed by atoms with Crippen molar-refractivity contribution in [3.05, 3.63) is 28.1 Å². The minimum absolute atomic E-state index is 0.0117. The van der Waals surface area contributed by atoms with E-state index in [0.29, 0.717) is 5.92 Å². The normalized spacial score (nSPS) is 21.5. The van der Waals surface area contributed by atoms with Gasteiger partial charge in [-0.25, -0.2) is 0 Å². The van der Waals surface area contributed by atoms with Gasteiger partial charge in [0.25, 0.3) is 0 Å². The van der Waals surface area contributed by atoms with E-state index >= 15 is 0 Å². The Morgan fingerprint density at radius 2 is 2.00 bits per heavy atom. The average molecular weight is 305 g/mol. The molecule has 2 N–H and O–H groups in total. The third-order valence-corrected chi connectivity index (χ3v) is 5.13. The summed E-state index contributed by atoms with van der Waals surface area (Å²) in [5, 5.41) is 20.4. The molecule has 3 nitrogen and oxygen atoms in total. The lowest BCUT2D eigenvalue weighted by Gasteiger charge is -2.36. The summed E-state index contributed by atoms with van der Waals surface area (Å²) >= 11 is 0. The van der Waals surface area contributed by atoms with Crippen LogP contribution >= 0.6 is 0 Å². The van der Waals surface area contributed by atoms with Crippen LogP contribution in [-0.4, -0.2) is 15.2 Å². The Morgan fingerprint density at radius 1 is 1.32 bits per heavy atom. The monoisotopic (exact) mass is 305 g/mol. The molecule has 1 aliphatic carbocycles. The minimum atomic E-state index is -0.461. The van der Waals surface area contributed by atoms with Gasteiger partial charge in [0.2, 0.25) is 0 Å². The molecule has 0 bridgehead atoms. The molecule has 0 radical (unpaired) electrons. The molecule has 22 heavy (non-hydrogen) atoms. The summed E-state index contributed by atoms with van der Waals surface area (Å²) in [4.78, 5) is 4.96. The van der Waals surface area contributed by atoms with Crippen molar-refractivity contribution in [1.82, 2.24) is 4.98 Å². The largest absolute Gasteiger partial charge is 0.392 e. The van der Waals surface area contributed by atoms with Crippen LogP contribution in [0.25, 0.3) is 0 Å². The van der Waals surface area contributed by atoms with Crippen molar-refractivity contribution in [2.45, 2.75) is 85.4 Å². The fourth-order valence-electron chi connectivity index (χ4n) is 3.99. The van der Waals surface area contributed by atoms with E-state index in [0.717, 1.165) is 60.2 Å². The van der Waals surface area contributed by atoms with E-state index in [4.69, 9.17) is 4.98 Å². The van der Waals surface area contributed by atoms with Crippen molar-refractivity contribution >= 4 is 0 Å². The zero-order valence-electron chi connectivity index (χ0n) is 14.7. The molecule has 2 rings (SSSR count). The zero-order valence-corrected chi connectivity index (χ0v) is 14.7. The molecule has 1 aromatic heterocycles. The van der Waals surface area contributed by atoms with Gasteiger partial charge in [-0.05, 0) is 43.6 Å². The molecule has 0 spiro atoms. The quantitative estimate of drug-likeness (QED) is 0.858. The minimum Gasteiger partial charge on any atom is -0.392 e. The molecule has 124 valence electrons. The Hall–Kier alpha value is -0.930. The van der Waals surface area contributed by atoms with Gasteiger partial charge in [-0.15, -0.1) is 0 Å². The lowest BCUT2D eigenvalue weighted by Crippen LogP contribution is -2.29. The highest BCUT2D eigenvalue weighted by molar-refractivity contribution is 5.43. The number of pyridine rings is 1. The first kappa shape index (κ1) is 17.4. The second-order valence-corrected chi connectivity index (χ2v) is 7.57. The Morgan fingerprint density at radius 3 is 2.55 bits per heavy atom. The van der Waals surface area contributed by atoms with Crippen LogP contribution in [-0.2, 0) is 13.0 Å². The van der Waals surface area contributed by atoms with E-state index in [1.807, 2.05) is 6.92 Å². The van der Waals surface area contributed by atoms with Gasteiger partial charge >= 0.3 is 0 Å². The first-order valence-electron chi connectivity index (χ1n) is 8.65. The van der Waals surface area contributed by atoms with Crippen molar-refractivity contribution in [1.29, 1.82) is 0 Å². The standard InChI is InChI=1S/C19H31NO2/c1-6-8-13(7-2)18-14(11-21)12(3)17-15(20-18)9-19(4,5)10-16(17)22/h13,16,21-22H,6-11H2,1-5H3. The van der Waals surface area contributed by atoms with Gasteiger partial charge in [0.15, 0.2) is 0 Å². The molecule has 0 amide bonds. The molecule has 0 aromatic carbocycles. The van der Waals surface area contributed by atoms with Gasteiger partial charge in [0, 0.05) is 28.4 Å². The van der Waals surface area contributed by atoms with Crippen LogP contribution in [0.5, 0.6) is 0 Å². The number of aromatic nitrogens is 1. The SMILES string of the molecule is CCCC(CC)c1nc2c(c(C)c1CO)C(O)CC(C)(C)C2. The molecule has 1 aliphatic rings.